The number of alkyl halides is 2. The number of hydrogen-bond donors (Lipinski definition) is 1. The number of hydrogen-bond acceptors (Lipinski definition) is 3. The van der Waals surface area contributed by atoms with Gasteiger partial charge in [-0.25, -0.2) is 21.9 Å². The van der Waals surface area contributed by atoms with Crippen LogP contribution in [0, 0.1) is 0 Å². The molecule has 2 atom stereocenters. The van der Waals surface area contributed by atoms with Crippen LogP contribution in [0.25, 0.3) is 0 Å². The van der Waals surface area contributed by atoms with E-state index in [4.69, 9.17) is 0 Å². The van der Waals surface area contributed by atoms with Gasteiger partial charge >= 0.3 is 0 Å². The molecule has 4 nitrogen and oxygen atoms in total. The number of rotatable bonds is 8. The van der Waals surface area contributed by atoms with E-state index in [2.05, 4.69) is 28.7 Å². The molecule has 1 aliphatic rings. The van der Waals surface area contributed by atoms with Crippen LogP contribution in [0.2, 0.25) is 0 Å². The average molecular weight is 346 g/mol. The summed E-state index contributed by atoms with van der Waals surface area (Å²) in [7, 11) is -3.48. The third kappa shape index (κ3) is 5.82. The van der Waals surface area contributed by atoms with E-state index < -0.39 is 16.4 Å². The summed E-state index contributed by atoms with van der Waals surface area (Å²) in [5.41, 5.74) is 1.20. The van der Waals surface area contributed by atoms with Crippen LogP contribution in [0.15, 0.2) is 30.3 Å². The van der Waals surface area contributed by atoms with Gasteiger partial charge in [0.2, 0.25) is 16.4 Å². The Labute approximate surface area is 136 Å². The van der Waals surface area contributed by atoms with Gasteiger partial charge in [-0.1, -0.05) is 30.3 Å². The van der Waals surface area contributed by atoms with Gasteiger partial charge in [0.15, 0.2) is 0 Å². The Morgan fingerprint density at radius 1 is 1.30 bits per heavy atom. The first-order valence-corrected chi connectivity index (χ1v) is 9.60. The summed E-state index contributed by atoms with van der Waals surface area (Å²) < 4.78 is 50.7. The summed E-state index contributed by atoms with van der Waals surface area (Å²) >= 11 is 0. The third-order valence-electron chi connectivity index (χ3n) is 4.23. The molecule has 2 rings (SSSR count). The van der Waals surface area contributed by atoms with Crippen molar-refractivity contribution in [2.45, 2.75) is 44.7 Å². The Kier molecular flexibility index (Phi) is 6.50. The molecule has 1 saturated heterocycles. The van der Waals surface area contributed by atoms with Crippen LogP contribution >= 0.6 is 0 Å². The lowest BCUT2D eigenvalue weighted by Gasteiger charge is -2.24. The van der Waals surface area contributed by atoms with E-state index in [1.54, 1.807) is 0 Å². The van der Waals surface area contributed by atoms with Crippen molar-refractivity contribution in [3.63, 3.8) is 0 Å². The van der Waals surface area contributed by atoms with Crippen molar-refractivity contribution in [3.05, 3.63) is 35.9 Å². The smallest absolute Gasteiger partial charge is 0.238 e. The monoisotopic (exact) mass is 346 g/mol. The summed E-state index contributed by atoms with van der Waals surface area (Å²) in [4.78, 5) is 2.24. The molecule has 0 saturated carbocycles. The fourth-order valence-corrected chi connectivity index (χ4v) is 4.28. The minimum atomic E-state index is -3.48. The molecule has 1 aromatic rings. The Hall–Kier alpha value is -1.05. The van der Waals surface area contributed by atoms with Crippen LogP contribution in [0.1, 0.15) is 37.8 Å². The Balaban J connectivity index is 1.83. The first kappa shape index (κ1) is 18.3. The molecule has 1 aromatic carbocycles. The lowest BCUT2D eigenvalue weighted by atomic mass is 10.1. The van der Waals surface area contributed by atoms with E-state index in [0.717, 1.165) is 13.0 Å². The van der Waals surface area contributed by atoms with Crippen molar-refractivity contribution in [1.29, 1.82) is 0 Å². The number of sulfonamides is 1. The van der Waals surface area contributed by atoms with Crippen molar-refractivity contribution >= 4 is 10.0 Å². The van der Waals surface area contributed by atoms with Crippen LogP contribution in [0.4, 0.5) is 8.78 Å². The van der Waals surface area contributed by atoms with E-state index >= 15 is 0 Å². The number of likely N-dealkylation sites (tertiary alicyclic amines) is 1. The Morgan fingerprint density at radius 2 is 2.00 bits per heavy atom. The summed E-state index contributed by atoms with van der Waals surface area (Å²) in [6.07, 6.45) is -2.09. The highest BCUT2D eigenvalue weighted by atomic mass is 32.2. The molecular weight excluding hydrogens is 322 g/mol. The molecule has 0 spiro atoms. The maximum atomic E-state index is 12.1. The zero-order valence-corrected chi connectivity index (χ0v) is 14.1. The summed E-state index contributed by atoms with van der Waals surface area (Å²) in [6.45, 7) is 3.57. The molecule has 1 fully saturated rings. The third-order valence-corrected chi connectivity index (χ3v) is 5.75. The predicted molar refractivity (Wildman–Crippen MR) is 87.0 cm³/mol. The molecule has 130 valence electrons. The molecule has 2 unspecified atom stereocenters. The molecule has 7 heteroatoms. The van der Waals surface area contributed by atoms with Gasteiger partial charge in [0.25, 0.3) is 0 Å². The minimum absolute atomic E-state index is 0.0101. The van der Waals surface area contributed by atoms with Gasteiger partial charge < -0.3 is 0 Å². The molecule has 0 aromatic heterocycles. The van der Waals surface area contributed by atoms with E-state index in [0.29, 0.717) is 6.54 Å². The molecule has 0 bridgehead atoms. The topological polar surface area (TPSA) is 49.4 Å². The molecular formula is C16H24F2N2O2S. The zero-order valence-electron chi connectivity index (χ0n) is 13.3. The highest BCUT2D eigenvalue weighted by Crippen LogP contribution is 2.24. The summed E-state index contributed by atoms with van der Waals surface area (Å²) in [5, 5.41) is 0. The van der Waals surface area contributed by atoms with E-state index in [9.17, 15) is 17.2 Å². The van der Waals surface area contributed by atoms with Crippen molar-refractivity contribution in [1.82, 2.24) is 9.62 Å². The molecule has 23 heavy (non-hydrogen) atoms. The molecule has 1 N–H and O–H groups in total. The lowest BCUT2D eigenvalue weighted by Crippen LogP contribution is -2.38. The van der Waals surface area contributed by atoms with E-state index in [1.165, 1.54) is 5.56 Å². The maximum absolute atomic E-state index is 12.1. The average Bonchev–Trinajstić information content (AvgIpc) is 2.94. The van der Waals surface area contributed by atoms with Crippen molar-refractivity contribution in [2.75, 3.05) is 18.8 Å². The van der Waals surface area contributed by atoms with Gasteiger partial charge in [0.1, 0.15) is 0 Å². The summed E-state index contributed by atoms with van der Waals surface area (Å²) in [5.74, 6) is -0.234. The van der Waals surface area contributed by atoms with Crippen molar-refractivity contribution in [3.8, 4) is 0 Å². The van der Waals surface area contributed by atoms with Gasteiger partial charge in [-0.15, -0.1) is 0 Å². The summed E-state index contributed by atoms with van der Waals surface area (Å²) in [6, 6.07) is 10.2. The van der Waals surface area contributed by atoms with Gasteiger partial charge in [0, 0.05) is 31.6 Å². The largest absolute Gasteiger partial charge is 0.295 e. The zero-order chi connectivity index (χ0) is 16.9. The molecule has 1 heterocycles. The van der Waals surface area contributed by atoms with Crippen molar-refractivity contribution < 1.29 is 17.2 Å². The highest BCUT2D eigenvalue weighted by molar-refractivity contribution is 7.89. The van der Waals surface area contributed by atoms with Gasteiger partial charge in [-0.05, 0) is 25.3 Å². The van der Waals surface area contributed by atoms with Crippen LogP contribution in [-0.4, -0.2) is 44.6 Å². The molecule has 1 aliphatic heterocycles. The van der Waals surface area contributed by atoms with Crippen molar-refractivity contribution in [2.24, 2.45) is 0 Å². The van der Waals surface area contributed by atoms with Crippen LogP contribution in [0.5, 0.6) is 0 Å². The normalized spacial score (nSPS) is 21.0. The second-order valence-electron chi connectivity index (χ2n) is 6.04. The van der Waals surface area contributed by atoms with Gasteiger partial charge in [-0.2, -0.15) is 0 Å². The lowest BCUT2D eigenvalue weighted by molar-refractivity contribution is 0.137. The minimum Gasteiger partial charge on any atom is -0.295 e. The number of nitrogens with one attached hydrogen (secondary N) is 1. The van der Waals surface area contributed by atoms with Crippen LogP contribution in [-0.2, 0) is 10.0 Å². The second-order valence-corrected chi connectivity index (χ2v) is 7.91. The molecule has 0 amide bonds. The highest BCUT2D eigenvalue weighted by Gasteiger charge is 2.29. The first-order chi connectivity index (χ1) is 10.9. The number of benzene rings is 1. The quantitative estimate of drug-likeness (QED) is 0.787. The van der Waals surface area contributed by atoms with E-state index in [1.807, 2.05) is 18.2 Å². The first-order valence-electron chi connectivity index (χ1n) is 7.94. The predicted octanol–water partition coefficient (Wildman–Crippen LogP) is 2.79. The standard InChI is InChI=1S/C16H24F2N2O2S/c1-13(14-6-3-2-4-7-14)20-10-9-15(12-20)19-23(21,22)11-5-8-16(17)18/h2-4,6-7,13,15-16,19H,5,8-12H2,1H3. The molecule has 0 radical (unpaired) electrons. The van der Waals surface area contributed by atoms with Gasteiger partial charge in [0.05, 0.1) is 5.75 Å². The maximum Gasteiger partial charge on any atom is 0.238 e. The second kappa shape index (κ2) is 8.17. The van der Waals surface area contributed by atoms with E-state index in [-0.39, 0.29) is 30.7 Å². The fourth-order valence-electron chi connectivity index (χ4n) is 2.92. The number of nitrogens with zero attached hydrogens (tertiary/aromatic N) is 1. The SMILES string of the molecule is CC(c1ccccc1)N1CCC(NS(=O)(=O)CCCC(F)F)C1. The van der Waals surface area contributed by atoms with Crippen LogP contribution < -0.4 is 4.72 Å². The number of halogens is 2. The molecule has 0 aliphatic carbocycles. The van der Waals surface area contributed by atoms with Gasteiger partial charge in [-0.3, -0.25) is 4.90 Å². The fraction of sp³-hybridized carbons (Fsp3) is 0.625. The Bertz CT molecular complexity index is 581. The Morgan fingerprint density at radius 3 is 2.65 bits per heavy atom. The van der Waals surface area contributed by atoms with Crippen LogP contribution in [0.3, 0.4) is 0 Å².